The molecule has 0 spiro atoms. The van der Waals surface area contributed by atoms with Crippen molar-refractivity contribution >= 4 is 5.91 Å². The van der Waals surface area contributed by atoms with Crippen LogP contribution in [0.2, 0.25) is 0 Å². The van der Waals surface area contributed by atoms with Gasteiger partial charge < -0.3 is 15.1 Å². The Bertz CT molecular complexity index is 463. The average molecular weight is 289 g/mol. The van der Waals surface area contributed by atoms with Crippen molar-refractivity contribution in [2.75, 3.05) is 41.3 Å². The van der Waals surface area contributed by atoms with E-state index in [2.05, 4.69) is 41.4 Å². The number of carbonyl (C=O) groups is 1. The van der Waals surface area contributed by atoms with Crippen molar-refractivity contribution in [3.8, 4) is 0 Å². The van der Waals surface area contributed by atoms with E-state index in [1.54, 1.807) is 6.08 Å². The van der Waals surface area contributed by atoms with Gasteiger partial charge in [-0.1, -0.05) is 35.9 Å². The average Bonchev–Trinajstić information content (AvgIpc) is 2.37. The number of hydrogen-bond acceptors (Lipinski definition) is 3. The van der Waals surface area contributed by atoms with Crippen LogP contribution >= 0.6 is 0 Å². The molecule has 0 radical (unpaired) electrons. The molecule has 4 heteroatoms. The molecule has 1 unspecified atom stereocenters. The highest BCUT2D eigenvalue weighted by Gasteiger charge is 2.14. The highest BCUT2D eigenvalue weighted by Crippen LogP contribution is 2.14. The summed E-state index contributed by atoms with van der Waals surface area (Å²) in [6, 6.07) is 8.30. The van der Waals surface area contributed by atoms with Crippen LogP contribution in [0.15, 0.2) is 36.4 Å². The van der Waals surface area contributed by atoms with Crippen LogP contribution in [0.25, 0.3) is 0 Å². The van der Waals surface area contributed by atoms with Crippen molar-refractivity contribution in [3.05, 3.63) is 47.5 Å². The molecule has 1 N–H and O–H groups in total. The van der Waals surface area contributed by atoms with Gasteiger partial charge >= 0.3 is 0 Å². The smallest absolute Gasteiger partial charge is 0.244 e. The fraction of sp³-hybridized carbons (Fsp3) is 0.471. The molecular formula is C17H27N3O. The summed E-state index contributed by atoms with van der Waals surface area (Å²) in [6.07, 6.45) is 3.48. The van der Waals surface area contributed by atoms with Crippen molar-refractivity contribution in [3.63, 3.8) is 0 Å². The van der Waals surface area contributed by atoms with Crippen LogP contribution in [0.4, 0.5) is 0 Å². The number of nitrogens with zero attached hydrogens (tertiary/aromatic N) is 2. The van der Waals surface area contributed by atoms with Crippen LogP contribution in [-0.2, 0) is 4.79 Å². The monoisotopic (exact) mass is 289 g/mol. The lowest BCUT2D eigenvalue weighted by atomic mass is 10.0. The highest BCUT2D eigenvalue weighted by atomic mass is 16.1. The molecule has 0 fully saturated rings. The third-order valence-electron chi connectivity index (χ3n) is 3.08. The fourth-order valence-electron chi connectivity index (χ4n) is 1.99. The maximum Gasteiger partial charge on any atom is 0.244 e. The molecule has 0 bridgehead atoms. The van der Waals surface area contributed by atoms with Crippen LogP contribution in [0.3, 0.4) is 0 Å². The number of hydrogen-bond donors (Lipinski definition) is 1. The lowest BCUT2D eigenvalue weighted by molar-refractivity contribution is -0.117. The van der Waals surface area contributed by atoms with E-state index in [0.717, 1.165) is 18.7 Å². The first kappa shape index (κ1) is 17.4. The first-order valence-corrected chi connectivity index (χ1v) is 7.21. The summed E-state index contributed by atoms with van der Waals surface area (Å²) in [6.45, 7) is 3.60. The number of rotatable bonds is 7. The Morgan fingerprint density at radius 2 is 1.76 bits per heavy atom. The van der Waals surface area contributed by atoms with E-state index in [0.29, 0.717) is 0 Å². The number of carbonyl (C=O) groups excluding carboxylic acids is 1. The second kappa shape index (κ2) is 8.60. The normalized spacial score (nSPS) is 13.1. The Balaban J connectivity index is 2.72. The molecule has 0 heterocycles. The van der Waals surface area contributed by atoms with E-state index >= 15 is 0 Å². The lowest BCUT2D eigenvalue weighted by Gasteiger charge is -2.22. The molecule has 0 aliphatic rings. The number of likely N-dealkylation sites (N-methyl/N-ethyl adjacent to an activating group) is 2. The minimum atomic E-state index is -0.0516. The van der Waals surface area contributed by atoms with Crippen LogP contribution in [0, 0.1) is 6.92 Å². The summed E-state index contributed by atoms with van der Waals surface area (Å²) < 4.78 is 0. The largest absolute Gasteiger partial charge is 0.344 e. The maximum atomic E-state index is 12.0. The van der Waals surface area contributed by atoms with Crippen LogP contribution in [-0.4, -0.2) is 57.0 Å². The Morgan fingerprint density at radius 3 is 2.29 bits per heavy atom. The second-order valence-electron chi connectivity index (χ2n) is 5.90. The maximum absolute atomic E-state index is 12.0. The van der Waals surface area contributed by atoms with E-state index < -0.39 is 0 Å². The van der Waals surface area contributed by atoms with Gasteiger partial charge in [0.15, 0.2) is 0 Å². The predicted octanol–water partition coefficient (Wildman–Crippen LogP) is 1.83. The van der Waals surface area contributed by atoms with E-state index in [9.17, 15) is 4.79 Å². The number of benzene rings is 1. The lowest BCUT2D eigenvalue weighted by Crippen LogP contribution is -2.34. The third kappa shape index (κ3) is 7.06. The standard InChI is InChI=1S/C17H27N3O/c1-14-8-10-15(11-9-14)16(13-20(4)5)18-17(21)7-6-12-19(2)3/h6-11,16H,12-13H2,1-5H3,(H,18,21)/b7-6+. The molecule has 0 saturated carbocycles. The highest BCUT2D eigenvalue weighted by molar-refractivity contribution is 5.87. The van der Waals surface area contributed by atoms with Gasteiger partial charge in [-0.05, 0) is 40.7 Å². The zero-order chi connectivity index (χ0) is 15.8. The van der Waals surface area contributed by atoms with Gasteiger partial charge in [-0.25, -0.2) is 0 Å². The Morgan fingerprint density at radius 1 is 1.14 bits per heavy atom. The van der Waals surface area contributed by atoms with Gasteiger partial charge in [-0.2, -0.15) is 0 Å². The Labute approximate surface area is 128 Å². The fourth-order valence-corrected chi connectivity index (χ4v) is 1.99. The van der Waals surface area contributed by atoms with Gasteiger partial charge in [-0.15, -0.1) is 0 Å². The molecule has 116 valence electrons. The molecule has 4 nitrogen and oxygen atoms in total. The SMILES string of the molecule is Cc1ccc(C(CN(C)C)NC(=O)/C=C/CN(C)C)cc1. The quantitative estimate of drug-likeness (QED) is 0.778. The molecule has 21 heavy (non-hydrogen) atoms. The van der Waals surface area contributed by atoms with Crippen molar-refractivity contribution in [2.45, 2.75) is 13.0 Å². The van der Waals surface area contributed by atoms with Gasteiger partial charge in [-0.3, -0.25) is 4.79 Å². The van der Waals surface area contributed by atoms with Crippen molar-refractivity contribution in [1.82, 2.24) is 15.1 Å². The molecule has 0 aliphatic heterocycles. The van der Waals surface area contributed by atoms with Crippen molar-refractivity contribution in [1.29, 1.82) is 0 Å². The molecule has 0 saturated heterocycles. The minimum absolute atomic E-state index is 0.00268. The zero-order valence-electron chi connectivity index (χ0n) is 13.8. The third-order valence-corrected chi connectivity index (χ3v) is 3.08. The van der Waals surface area contributed by atoms with Crippen molar-refractivity contribution in [2.24, 2.45) is 0 Å². The van der Waals surface area contributed by atoms with Gasteiger partial charge in [0.25, 0.3) is 0 Å². The van der Waals surface area contributed by atoms with Gasteiger partial charge in [0.1, 0.15) is 0 Å². The summed E-state index contributed by atoms with van der Waals surface area (Å²) in [5.74, 6) is -0.0516. The molecule has 1 aromatic carbocycles. The van der Waals surface area contributed by atoms with Crippen LogP contribution < -0.4 is 5.32 Å². The van der Waals surface area contributed by atoms with E-state index in [-0.39, 0.29) is 11.9 Å². The summed E-state index contributed by atoms with van der Waals surface area (Å²) in [4.78, 5) is 16.1. The van der Waals surface area contributed by atoms with Crippen molar-refractivity contribution < 1.29 is 4.79 Å². The van der Waals surface area contributed by atoms with E-state index in [1.807, 2.05) is 39.2 Å². The van der Waals surface area contributed by atoms with Crippen LogP contribution in [0.1, 0.15) is 17.2 Å². The summed E-state index contributed by atoms with van der Waals surface area (Å²) >= 11 is 0. The number of aryl methyl sites for hydroxylation is 1. The van der Waals surface area contributed by atoms with Gasteiger partial charge in [0.2, 0.25) is 5.91 Å². The first-order valence-electron chi connectivity index (χ1n) is 7.21. The topological polar surface area (TPSA) is 35.6 Å². The Hall–Kier alpha value is -1.65. The number of nitrogens with one attached hydrogen (secondary N) is 1. The molecule has 1 rings (SSSR count). The van der Waals surface area contributed by atoms with Crippen LogP contribution in [0.5, 0.6) is 0 Å². The van der Waals surface area contributed by atoms with E-state index in [4.69, 9.17) is 0 Å². The summed E-state index contributed by atoms with van der Waals surface area (Å²) in [5, 5.41) is 3.07. The summed E-state index contributed by atoms with van der Waals surface area (Å²) in [7, 11) is 7.97. The van der Waals surface area contributed by atoms with E-state index in [1.165, 1.54) is 5.56 Å². The second-order valence-corrected chi connectivity index (χ2v) is 5.90. The molecule has 0 aromatic heterocycles. The van der Waals surface area contributed by atoms with Gasteiger partial charge in [0.05, 0.1) is 6.04 Å². The molecule has 0 aliphatic carbocycles. The zero-order valence-corrected chi connectivity index (χ0v) is 13.8. The first-order chi connectivity index (χ1) is 9.88. The minimum Gasteiger partial charge on any atom is -0.344 e. The molecular weight excluding hydrogens is 262 g/mol. The predicted molar refractivity (Wildman–Crippen MR) is 88.3 cm³/mol. The van der Waals surface area contributed by atoms with Gasteiger partial charge in [0, 0.05) is 19.2 Å². The molecule has 1 aromatic rings. The molecule has 1 amide bonds. The Kier molecular flexibility index (Phi) is 7.12. The summed E-state index contributed by atoms with van der Waals surface area (Å²) in [5.41, 5.74) is 2.35. The molecule has 1 atom stereocenters. The number of amides is 1.